The van der Waals surface area contributed by atoms with E-state index in [1.54, 1.807) is 37.6 Å². The fourth-order valence-electron chi connectivity index (χ4n) is 2.49. The molecule has 0 aliphatic rings. The summed E-state index contributed by atoms with van der Waals surface area (Å²) in [6.45, 7) is 0. The number of fused-ring (bicyclic) bond motifs is 1. The van der Waals surface area contributed by atoms with E-state index >= 15 is 0 Å². The number of ether oxygens (including phenoxy) is 1. The van der Waals surface area contributed by atoms with Crippen LogP contribution in [0.5, 0.6) is 5.75 Å². The zero-order valence-electron chi connectivity index (χ0n) is 14.7. The molecule has 2 aromatic carbocycles. The van der Waals surface area contributed by atoms with Gasteiger partial charge >= 0.3 is 0 Å². The van der Waals surface area contributed by atoms with Crippen molar-refractivity contribution in [1.29, 1.82) is 0 Å². The van der Waals surface area contributed by atoms with Gasteiger partial charge in [0.25, 0.3) is 5.91 Å². The number of furan rings is 1. The summed E-state index contributed by atoms with van der Waals surface area (Å²) >= 11 is 4.74. The minimum atomic E-state index is -0.290. The lowest BCUT2D eigenvalue weighted by molar-refractivity contribution is 0.0988. The fraction of sp³-hybridized carbons (Fsp3) is 0.0500. The molecule has 0 N–H and O–H groups in total. The molecule has 2 heterocycles. The van der Waals surface area contributed by atoms with E-state index in [2.05, 4.69) is 26.0 Å². The van der Waals surface area contributed by atoms with Crippen molar-refractivity contribution < 1.29 is 13.9 Å². The highest BCUT2D eigenvalue weighted by Gasteiger charge is 2.21. The molecule has 0 saturated carbocycles. The van der Waals surface area contributed by atoms with Crippen molar-refractivity contribution in [2.75, 3.05) is 12.1 Å². The van der Waals surface area contributed by atoms with Gasteiger partial charge in [-0.2, -0.15) is 10.1 Å². The number of rotatable bonds is 5. The molecule has 2 aromatic heterocycles. The average molecular weight is 456 g/mol. The van der Waals surface area contributed by atoms with E-state index in [0.29, 0.717) is 16.5 Å². The summed E-state index contributed by atoms with van der Waals surface area (Å²) in [5.74, 6) is 0.977. The lowest BCUT2D eigenvalue weighted by Crippen LogP contribution is -2.25. The van der Waals surface area contributed by atoms with Crippen LogP contribution in [0.1, 0.15) is 16.1 Å². The maximum absolute atomic E-state index is 13.1. The molecule has 4 rings (SSSR count). The molecule has 6 nitrogen and oxygen atoms in total. The van der Waals surface area contributed by atoms with Gasteiger partial charge in [-0.15, -0.1) is 0 Å². The number of aromatic nitrogens is 1. The molecular formula is C20H14BrN3O3S. The first kappa shape index (κ1) is 18.4. The minimum absolute atomic E-state index is 0.290. The maximum Gasteiger partial charge on any atom is 0.280 e. The van der Waals surface area contributed by atoms with Crippen LogP contribution in [-0.2, 0) is 0 Å². The number of carbonyl (C=O) groups excluding carboxylic acids is 1. The highest BCUT2D eigenvalue weighted by molar-refractivity contribution is 9.10. The number of hydrogen-bond donors (Lipinski definition) is 0. The summed E-state index contributed by atoms with van der Waals surface area (Å²) in [7, 11) is 1.61. The Hall–Kier alpha value is -2.97. The van der Waals surface area contributed by atoms with E-state index < -0.39 is 0 Å². The van der Waals surface area contributed by atoms with Gasteiger partial charge in [-0.3, -0.25) is 4.79 Å². The number of nitrogens with zero attached hydrogens (tertiary/aromatic N) is 3. The Morgan fingerprint density at radius 1 is 1.25 bits per heavy atom. The van der Waals surface area contributed by atoms with Gasteiger partial charge in [0.05, 0.1) is 29.8 Å². The van der Waals surface area contributed by atoms with Gasteiger partial charge in [0.15, 0.2) is 0 Å². The third-order valence-electron chi connectivity index (χ3n) is 3.89. The van der Waals surface area contributed by atoms with Gasteiger partial charge < -0.3 is 9.15 Å². The zero-order chi connectivity index (χ0) is 19.5. The Morgan fingerprint density at radius 3 is 2.79 bits per heavy atom. The van der Waals surface area contributed by atoms with Crippen LogP contribution < -0.4 is 9.75 Å². The highest BCUT2D eigenvalue weighted by Crippen LogP contribution is 2.32. The molecule has 0 saturated heterocycles. The second kappa shape index (κ2) is 7.95. The van der Waals surface area contributed by atoms with Crippen molar-refractivity contribution in [2.24, 2.45) is 5.10 Å². The highest BCUT2D eigenvalue weighted by atomic mass is 79.9. The molecule has 0 radical (unpaired) electrons. The van der Waals surface area contributed by atoms with Crippen molar-refractivity contribution in [3.63, 3.8) is 0 Å². The molecule has 0 atom stereocenters. The van der Waals surface area contributed by atoms with Gasteiger partial charge in [0.1, 0.15) is 11.5 Å². The fourth-order valence-corrected chi connectivity index (χ4v) is 3.71. The number of amides is 1. The maximum atomic E-state index is 13.1. The van der Waals surface area contributed by atoms with E-state index in [1.165, 1.54) is 22.6 Å². The molecule has 0 spiro atoms. The predicted molar refractivity (Wildman–Crippen MR) is 113 cm³/mol. The van der Waals surface area contributed by atoms with Gasteiger partial charge in [-0.05, 0) is 54.6 Å². The van der Waals surface area contributed by atoms with Crippen LogP contribution in [-0.4, -0.2) is 24.2 Å². The van der Waals surface area contributed by atoms with Crippen LogP contribution in [0.15, 0.2) is 74.9 Å². The Morgan fingerprint density at radius 2 is 2.07 bits per heavy atom. The summed E-state index contributed by atoms with van der Waals surface area (Å²) in [6.07, 6.45) is 3.04. The first-order valence-corrected chi connectivity index (χ1v) is 9.87. The van der Waals surface area contributed by atoms with Crippen molar-refractivity contribution in [3.05, 3.63) is 76.7 Å². The van der Waals surface area contributed by atoms with Gasteiger partial charge in [-0.1, -0.05) is 27.3 Å². The van der Waals surface area contributed by atoms with Crippen LogP contribution in [0.4, 0.5) is 5.13 Å². The second-order valence-electron chi connectivity index (χ2n) is 5.71. The lowest BCUT2D eigenvalue weighted by Gasteiger charge is -2.13. The van der Waals surface area contributed by atoms with E-state index in [1.807, 2.05) is 30.3 Å². The minimum Gasteiger partial charge on any atom is -0.497 e. The molecule has 0 aliphatic carbocycles. The number of thiazole rings is 1. The number of methoxy groups -OCH3 is 1. The molecule has 0 aliphatic heterocycles. The molecule has 1 amide bonds. The third-order valence-corrected chi connectivity index (χ3v) is 5.42. The average Bonchev–Trinajstić information content (AvgIpc) is 3.37. The van der Waals surface area contributed by atoms with Crippen molar-refractivity contribution in [1.82, 2.24) is 4.98 Å². The van der Waals surface area contributed by atoms with Crippen LogP contribution in [0.3, 0.4) is 0 Å². The lowest BCUT2D eigenvalue weighted by atomic mass is 10.2. The Balaban J connectivity index is 1.75. The molecule has 140 valence electrons. The summed E-state index contributed by atoms with van der Waals surface area (Å²) in [4.78, 5) is 17.7. The SMILES string of the molecule is COc1ccc2nc(N(/N=C/c3ccco3)C(=O)c3ccc(Br)cc3)sc2c1. The molecule has 4 aromatic rings. The monoisotopic (exact) mass is 455 g/mol. The smallest absolute Gasteiger partial charge is 0.280 e. The van der Waals surface area contributed by atoms with Gasteiger partial charge in [-0.25, -0.2) is 4.98 Å². The number of hydrazone groups is 1. The quantitative estimate of drug-likeness (QED) is 0.300. The summed E-state index contributed by atoms with van der Waals surface area (Å²) in [5.41, 5.74) is 1.26. The summed E-state index contributed by atoms with van der Waals surface area (Å²) < 4.78 is 12.3. The molecule has 0 unspecified atom stereocenters. The Bertz CT molecular complexity index is 1140. The van der Waals surface area contributed by atoms with E-state index in [0.717, 1.165) is 20.4 Å². The van der Waals surface area contributed by atoms with Crippen LogP contribution >= 0.6 is 27.3 Å². The third kappa shape index (κ3) is 3.83. The first-order valence-electron chi connectivity index (χ1n) is 8.26. The normalized spacial score (nSPS) is 11.2. The van der Waals surface area contributed by atoms with E-state index in [-0.39, 0.29) is 5.91 Å². The number of halogens is 1. The van der Waals surface area contributed by atoms with Crippen LogP contribution in [0.2, 0.25) is 0 Å². The van der Waals surface area contributed by atoms with Crippen molar-refractivity contribution >= 4 is 54.7 Å². The van der Waals surface area contributed by atoms with Crippen molar-refractivity contribution in [3.8, 4) is 5.75 Å². The largest absolute Gasteiger partial charge is 0.497 e. The summed E-state index contributed by atoms with van der Waals surface area (Å²) in [5, 5.41) is 6.08. The van der Waals surface area contributed by atoms with E-state index in [9.17, 15) is 4.79 Å². The molecular weight excluding hydrogens is 442 g/mol. The molecule has 8 heteroatoms. The van der Waals surface area contributed by atoms with Gasteiger partial charge in [0.2, 0.25) is 5.13 Å². The van der Waals surface area contributed by atoms with Crippen molar-refractivity contribution in [2.45, 2.75) is 0 Å². The number of carbonyl (C=O) groups is 1. The van der Waals surface area contributed by atoms with E-state index in [4.69, 9.17) is 9.15 Å². The topological polar surface area (TPSA) is 67.9 Å². The Kier molecular flexibility index (Phi) is 5.23. The predicted octanol–water partition coefficient (Wildman–Crippen LogP) is 5.34. The number of benzene rings is 2. The van der Waals surface area contributed by atoms with Crippen LogP contribution in [0, 0.1) is 0 Å². The standard InChI is InChI=1S/C20H14BrN3O3S/c1-26-15-8-9-17-18(11-15)28-20(23-17)24(22-12-16-3-2-10-27-16)19(25)13-4-6-14(21)7-5-13/h2-12H,1H3/b22-12+. The molecule has 28 heavy (non-hydrogen) atoms. The second-order valence-corrected chi connectivity index (χ2v) is 7.64. The van der Waals surface area contributed by atoms with Gasteiger partial charge in [0, 0.05) is 10.0 Å². The number of hydrogen-bond acceptors (Lipinski definition) is 6. The first-order chi connectivity index (χ1) is 13.6. The zero-order valence-corrected chi connectivity index (χ0v) is 17.1. The number of anilines is 1. The summed E-state index contributed by atoms with van der Waals surface area (Å²) in [6, 6.07) is 16.2. The molecule has 0 bridgehead atoms. The Labute approximate surface area is 173 Å². The van der Waals surface area contributed by atoms with Crippen LogP contribution in [0.25, 0.3) is 10.2 Å². The molecule has 0 fully saturated rings.